The van der Waals surface area contributed by atoms with Crippen LogP contribution in [-0.4, -0.2) is 9.38 Å². The van der Waals surface area contributed by atoms with Crippen LogP contribution in [0.3, 0.4) is 0 Å². The van der Waals surface area contributed by atoms with Gasteiger partial charge >= 0.3 is 0 Å². The molecule has 2 N–H and O–H groups in total. The first-order valence-corrected chi connectivity index (χ1v) is 5.11. The van der Waals surface area contributed by atoms with E-state index in [0.29, 0.717) is 28.0 Å². The smallest absolute Gasteiger partial charge is 0.194 e. The summed E-state index contributed by atoms with van der Waals surface area (Å²) in [5.74, 6) is 0.633. The summed E-state index contributed by atoms with van der Waals surface area (Å²) < 4.78 is 7.14. The fourth-order valence-electron chi connectivity index (χ4n) is 1.61. The molecule has 3 aromatic rings. The number of halogens is 1. The number of fused-ring (bicyclic) bond motifs is 1. The van der Waals surface area contributed by atoms with E-state index in [9.17, 15) is 0 Å². The third kappa shape index (κ3) is 1.35. The van der Waals surface area contributed by atoms with Gasteiger partial charge in [0.15, 0.2) is 16.6 Å². The monoisotopic (exact) mass is 233 g/mol. The molecule has 80 valence electrons. The van der Waals surface area contributed by atoms with Gasteiger partial charge in [0.1, 0.15) is 5.69 Å². The molecule has 4 nitrogen and oxygen atoms in total. The maximum atomic E-state index is 5.81. The number of nitrogens with two attached hydrogens (primary N) is 1. The number of rotatable bonds is 1. The van der Waals surface area contributed by atoms with E-state index < -0.39 is 0 Å². The summed E-state index contributed by atoms with van der Waals surface area (Å²) in [5.41, 5.74) is 7.87. The number of imidazole rings is 1. The molecular weight excluding hydrogens is 226 g/mol. The van der Waals surface area contributed by atoms with Crippen LogP contribution in [0.1, 0.15) is 0 Å². The van der Waals surface area contributed by atoms with Gasteiger partial charge in [0.25, 0.3) is 0 Å². The van der Waals surface area contributed by atoms with E-state index >= 15 is 0 Å². The van der Waals surface area contributed by atoms with Crippen molar-refractivity contribution in [2.75, 3.05) is 5.73 Å². The Morgan fingerprint density at radius 1 is 1.31 bits per heavy atom. The van der Waals surface area contributed by atoms with Crippen LogP contribution >= 0.6 is 11.6 Å². The number of nitrogen functional groups attached to an aromatic ring is 1. The summed E-state index contributed by atoms with van der Waals surface area (Å²) in [4.78, 5) is 4.38. The summed E-state index contributed by atoms with van der Waals surface area (Å²) in [6.07, 6.45) is 3.73. The second-order valence-corrected chi connectivity index (χ2v) is 3.80. The first-order valence-electron chi connectivity index (χ1n) is 4.73. The predicted octanol–water partition coefficient (Wildman–Crippen LogP) is 2.83. The van der Waals surface area contributed by atoms with Crippen molar-refractivity contribution in [3.8, 4) is 11.5 Å². The number of pyridine rings is 1. The van der Waals surface area contributed by atoms with Gasteiger partial charge in [0.2, 0.25) is 0 Å². The van der Waals surface area contributed by atoms with Crippen LogP contribution in [0.4, 0.5) is 5.69 Å². The van der Waals surface area contributed by atoms with Crippen LogP contribution in [0.15, 0.2) is 41.1 Å². The van der Waals surface area contributed by atoms with Crippen LogP contribution in [0.5, 0.6) is 0 Å². The Balaban J connectivity index is 2.22. The Bertz CT molecular complexity index is 656. The van der Waals surface area contributed by atoms with E-state index in [2.05, 4.69) is 4.98 Å². The molecule has 0 unspecified atom stereocenters. The van der Waals surface area contributed by atoms with E-state index in [4.69, 9.17) is 21.8 Å². The van der Waals surface area contributed by atoms with E-state index in [-0.39, 0.29) is 0 Å². The number of hydrogen-bond donors (Lipinski definition) is 1. The first kappa shape index (κ1) is 9.30. The number of nitrogens with zero attached hydrogens (tertiary/aromatic N) is 2. The molecule has 0 saturated heterocycles. The van der Waals surface area contributed by atoms with Crippen molar-refractivity contribution in [3.63, 3.8) is 0 Å². The fourth-order valence-corrected chi connectivity index (χ4v) is 1.75. The highest BCUT2D eigenvalue weighted by Crippen LogP contribution is 2.25. The van der Waals surface area contributed by atoms with Gasteiger partial charge in [-0.05, 0) is 35.9 Å². The van der Waals surface area contributed by atoms with Crippen LogP contribution in [0.25, 0.3) is 17.1 Å². The zero-order valence-corrected chi connectivity index (χ0v) is 8.98. The lowest BCUT2D eigenvalue weighted by Crippen LogP contribution is -1.90. The predicted molar refractivity (Wildman–Crippen MR) is 62.3 cm³/mol. The van der Waals surface area contributed by atoms with Crippen molar-refractivity contribution < 1.29 is 4.42 Å². The summed E-state index contributed by atoms with van der Waals surface area (Å²) in [6.45, 7) is 0. The van der Waals surface area contributed by atoms with E-state index in [0.717, 1.165) is 0 Å². The van der Waals surface area contributed by atoms with Crippen LogP contribution < -0.4 is 5.73 Å². The molecule has 0 aliphatic carbocycles. The van der Waals surface area contributed by atoms with Gasteiger partial charge < -0.3 is 14.6 Å². The van der Waals surface area contributed by atoms with Gasteiger partial charge in [-0.15, -0.1) is 0 Å². The Labute approximate surface area is 96.3 Å². The molecule has 0 atom stereocenters. The molecule has 0 fully saturated rings. The zero-order chi connectivity index (χ0) is 11.1. The fraction of sp³-hybridized carbons (Fsp3) is 0. The Morgan fingerprint density at radius 2 is 2.19 bits per heavy atom. The molecule has 5 heteroatoms. The van der Waals surface area contributed by atoms with Crippen LogP contribution in [0.2, 0.25) is 5.22 Å². The summed E-state index contributed by atoms with van der Waals surface area (Å²) in [6, 6.07) is 7.13. The van der Waals surface area contributed by atoms with E-state index in [1.165, 1.54) is 0 Å². The van der Waals surface area contributed by atoms with E-state index in [1.807, 2.05) is 22.9 Å². The average molecular weight is 234 g/mol. The van der Waals surface area contributed by atoms with Crippen LogP contribution in [-0.2, 0) is 0 Å². The molecular formula is C11H8ClN3O. The number of hydrogen-bond acceptors (Lipinski definition) is 3. The van der Waals surface area contributed by atoms with Gasteiger partial charge in [0, 0.05) is 12.4 Å². The molecule has 3 heterocycles. The highest BCUT2D eigenvalue weighted by atomic mass is 35.5. The van der Waals surface area contributed by atoms with Crippen LogP contribution in [0, 0.1) is 0 Å². The van der Waals surface area contributed by atoms with Crippen molar-refractivity contribution in [1.82, 2.24) is 9.38 Å². The molecule has 0 bridgehead atoms. The van der Waals surface area contributed by atoms with Gasteiger partial charge in [-0.3, -0.25) is 0 Å². The molecule has 3 rings (SSSR count). The highest BCUT2D eigenvalue weighted by molar-refractivity contribution is 6.28. The summed E-state index contributed by atoms with van der Waals surface area (Å²) >= 11 is 5.71. The van der Waals surface area contributed by atoms with Gasteiger partial charge in [0.05, 0.1) is 5.69 Å². The quantitative estimate of drug-likeness (QED) is 0.703. The van der Waals surface area contributed by atoms with Crippen molar-refractivity contribution >= 4 is 22.9 Å². The summed E-state index contributed by atoms with van der Waals surface area (Å²) in [5, 5.41) is 0.347. The minimum atomic E-state index is 0.347. The number of aromatic nitrogens is 2. The maximum absolute atomic E-state index is 5.81. The number of anilines is 1. The third-order valence-corrected chi connectivity index (χ3v) is 2.54. The lowest BCUT2D eigenvalue weighted by Gasteiger charge is -1.94. The normalized spacial score (nSPS) is 11.1. The SMILES string of the molecule is Nc1cccn2cc(-c3ccc(Cl)o3)nc12. The molecule has 0 spiro atoms. The second kappa shape index (κ2) is 3.28. The number of furan rings is 1. The molecule has 0 aliphatic heterocycles. The Kier molecular flexibility index (Phi) is 1.91. The molecule has 16 heavy (non-hydrogen) atoms. The topological polar surface area (TPSA) is 56.5 Å². The van der Waals surface area contributed by atoms with Gasteiger partial charge in [-0.1, -0.05) is 0 Å². The minimum absolute atomic E-state index is 0.347. The zero-order valence-electron chi connectivity index (χ0n) is 8.22. The second-order valence-electron chi connectivity index (χ2n) is 3.42. The average Bonchev–Trinajstić information content (AvgIpc) is 2.84. The Hall–Kier alpha value is -1.94. The van der Waals surface area contributed by atoms with Gasteiger partial charge in [-0.25, -0.2) is 4.98 Å². The highest BCUT2D eigenvalue weighted by Gasteiger charge is 2.09. The molecule has 0 saturated carbocycles. The lowest BCUT2D eigenvalue weighted by atomic mass is 10.4. The maximum Gasteiger partial charge on any atom is 0.194 e. The van der Waals surface area contributed by atoms with Crippen molar-refractivity contribution in [2.24, 2.45) is 0 Å². The Morgan fingerprint density at radius 3 is 2.88 bits per heavy atom. The standard InChI is InChI=1S/C11H8ClN3O/c12-10-4-3-9(16-10)8-6-15-5-1-2-7(13)11(15)14-8/h1-6H,13H2. The third-order valence-electron chi connectivity index (χ3n) is 2.34. The molecule has 0 aliphatic rings. The summed E-state index contributed by atoms with van der Waals surface area (Å²) in [7, 11) is 0. The minimum Gasteiger partial charge on any atom is -0.443 e. The van der Waals surface area contributed by atoms with E-state index in [1.54, 1.807) is 18.2 Å². The molecule has 0 amide bonds. The largest absolute Gasteiger partial charge is 0.443 e. The van der Waals surface area contributed by atoms with Gasteiger partial charge in [-0.2, -0.15) is 0 Å². The molecule has 3 aromatic heterocycles. The van der Waals surface area contributed by atoms with Crippen molar-refractivity contribution in [2.45, 2.75) is 0 Å². The first-order chi connectivity index (χ1) is 7.74. The van der Waals surface area contributed by atoms with Crippen molar-refractivity contribution in [3.05, 3.63) is 41.9 Å². The lowest BCUT2D eigenvalue weighted by molar-refractivity contribution is 0.582. The molecule has 0 aromatic carbocycles. The molecule has 0 radical (unpaired) electrons. The van der Waals surface area contributed by atoms with Crippen molar-refractivity contribution in [1.29, 1.82) is 0 Å².